The molecule has 0 saturated heterocycles. The van der Waals surface area contributed by atoms with Crippen LogP contribution >= 0.6 is 0 Å². The van der Waals surface area contributed by atoms with Gasteiger partial charge in [-0.2, -0.15) is 0 Å². The molecule has 0 bridgehead atoms. The second-order valence-electron chi connectivity index (χ2n) is 4.47. The summed E-state index contributed by atoms with van der Waals surface area (Å²) < 4.78 is 6.00. The highest BCUT2D eigenvalue weighted by atomic mass is 16.5. The average Bonchev–Trinajstić information content (AvgIpc) is 2.48. The van der Waals surface area contributed by atoms with Crippen molar-refractivity contribution in [1.82, 2.24) is 4.90 Å². The summed E-state index contributed by atoms with van der Waals surface area (Å²) in [7, 11) is 0. The van der Waals surface area contributed by atoms with E-state index in [4.69, 9.17) is 4.74 Å². The number of benzene rings is 2. The van der Waals surface area contributed by atoms with Crippen molar-refractivity contribution in [3.63, 3.8) is 0 Å². The van der Waals surface area contributed by atoms with Crippen molar-refractivity contribution in [2.75, 3.05) is 6.54 Å². The Hall–Kier alpha value is -2.29. The van der Waals surface area contributed by atoms with Gasteiger partial charge in [0.25, 0.3) is 5.91 Å². The Kier molecular flexibility index (Phi) is 2.95. The molecule has 1 heterocycles. The van der Waals surface area contributed by atoms with E-state index in [0.717, 1.165) is 5.56 Å². The lowest BCUT2D eigenvalue weighted by molar-refractivity contribution is 0.0110. The zero-order valence-corrected chi connectivity index (χ0v) is 10.7. The summed E-state index contributed by atoms with van der Waals surface area (Å²) in [6, 6.07) is 17.2. The van der Waals surface area contributed by atoms with Crippen LogP contribution in [-0.2, 0) is 0 Å². The van der Waals surface area contributed by atoms with Crippen LogP contribution in [0.25, 0.3) is 0 Å². The number of carbonyl (C=O) groups excluding carboxylic acids is 1. The van der Waals surface area contributed by atoms with Crippen LogP contribution in [0.2, 0.25) is 0 Å². The molecule has 1 aliphatic rings. The van der Waals surface area contributed by atoms with E-state index >= 15 is 0 Å². The first kappa shape index (κ1) is 11.8. The Bertz CT molecular complexity index is 595. The summed E-state index contributed by atoms with van der Waals surface area (Å²) in [4.78, 5) is 14.2. The number of hydrogen-bond acceptors (Lipinski definition) is 2. The van der Waals surface area contributed by atoms with E-state index in [0.29, 0.717) is 17.9 Å². The SMILES string of the molecule is CCN1C(=O)c2ccccc2O[C@@H]1c1ccccc1. The van der Waals surface area contributed by atoms with Crippen molar-refractivity contribution in [3.05, 3.63) is 65.7 Å². The second-order valence-corrected chi connectivity index (χ2v) is 4.47. The van der Waals surface area contributed by atoms with E-state index in [9.17, 15) is 4.79 Å². The molecule has 0 spiro atoms. The van der Waals surface area contributed by atoms with Crippen LogP contribution in [0, 0.1) is 0 Å². The lowest BCUT2D eigenvalue weighted by Gasteiger charge is -2.36. The number of hydrogen-bond donors (Lipinski definition) is 0. The van der Waals surface area contributed by atoms with E-state index in [1.54, 1.807) is 4.90 Å². The molecule has 0 radical (unpaired) electrons. The third kappa shape index (κ3) is 1.97. The van der Waals surface area contributed by atoms with E-state index < -0.39 is 0 Å². The van der Waals surface area contributed by atoms with Crippen LogP contribution in [0.1, 0.15) is 29.1 Å². The summed E-state index contributed by atoms with van der Waals surface area (Å²) >= 11 is 0. The predicted octanol–water partition coefficient (Wildman–Crippen LogP) is 3.24. The monoisotopic (exact) mass is 253 g/mol. The fraction of sp³-hybridized carbons (Fsp3) is 0.188. The van der Waals surface area contributed by atoms with Gasteiger partial charge in [0, 0.05) is 12.1 Å². The van der Waals surface area contributed by atoms with E-state index in [1.165, 1.54) is 0 Å². The normalized spacial score (nSPS) is 17.8. The minimum Gasteiger partial charge on any atom is -0.465 e. The zero-order chi connectivity index (χ0) is 13.2. The van der Waals surface area contributed by atoms with Crippen molar-refractivity contribution in [2.24, 2.45) is 0 Å². The largest absolute Gasteiger partial charge is 0.465 e. The number of para-hydroxylation sites is 1. The molecule has 2 aromatic carbocycles. The smallest absolute Gasteiger partial charge is 0.260 e. The van der Waals surface area contributed by atoms with Gasteiger partial charge in [-0.1, -0.05) is 42.5 Å². The van der Waals surface area contributed by atoms with Gasteiger partial charge in [0.2, 0.25) is 6.23 Å². The van der Waals surface area contributed by atoms with Crippen LogP contribution in [0.5, 0.6) is 5.75 Å². The number of nitrogens with zero attached hydrogens (tertiary/aromatic N) is 1. The van der Waals surface area contributed by atoms with Crippen LogP contribution < -0.4 is 4.74 Å². The number of ether oxygens (including phenoxy) is 1. The molecule has 0 aliphatic carbocycles. The summed E-state index contributed by atoms with van der Waals surface area (Å²) in [6.07, 6.45) is -0.339. The first-order chi connectivity index (χ1) is 9.31. The first-order valence-corrected chi connectivity index (χ1v) is 6.43. The number of amides is 1. The maximum atomic E-state index is 12.5. The highest BCUT2D eigenvalue weighted by molar-refractivity contribution is 5.98. The Balaban J connectivity index is 2.05. The van der Waals surface area contributed by atoms with E-state index in [2.05, 4.69) is 0 Å². The summed E-state index contributed by atoms with van der Waals surface area (Å²) in [5, 5.41) is 0. The molecule has 1 amide bonds. The Morgan fingerprint density at radius 3 is 2.47 bits per heavy atom. The molecule has 0 saturated carbocycles. The summed E-state index contributed by atoms with van der Waals surface area (Å²) in [5.41, 5.74) is 1.63. The quantitative estimate of drug-likeness (QED) is 0.822. The van der Waals surface area contributed by atoms with E-state index in [1.807, 2.05) is 61.5 Å². The van der Waals surface area contributed by atoms with Crippen molar-refractivity contribution in [3.8, 4) is 5.75 Å². The molecule has 2 aromatic rings. The van der Waals surface area contributed by atoms with E-state index in [-0.39, 0.29) is 12.1 Å². The molecule has 19 heavy (non-hydrogen) atoms. The van der Waals surface area contributed by atoms with Crippen molar-refractivity contribution < 1.29 is 9.53 Å². The van der Waals surface area contributed by atoms with Gasteiger partial charge in [-0.05, 0) is 19.1 Å². The highest BCUT2D eigenvalue weighted by Crippen LogP contribution is 2.34. The second kappa shape index (κ2) is 4.76. The molecule has 0 unspecified atom stereocenters. The minimum absolute atomic E-state index is 0.0261. The van der Waals surface area contributed by atoms with Crippen molar-refractivity contribution in [1.29, 1.82) is 0 Å². The topological polar surface area (TPSA) is 29.5 Å². The third-order valence-electron chi connectivity index (χ3n) is 3.33. The first-order valence-electron chi connectivity index (χ1n) is 6.43. The molecule has 0 N–H and O–H groups in total. The van der Waals surface area contributed by atoms with Gasteiger partial charge in [-0.25, -0.2) is 0 Å². The van der Waals surface area contributed by atoms with Gasteiger partial charge in [-0.3, -0.25) is 9.69 Å². The molecule has 3 rings (SSSR count). The van der Waals surface area contributed by atoms with Crippen LogP contribution in [0.4, 0.5) is 0 Å². The van der Waals surface area contributed by atoms with Gasteiger partial charge in [0.1, 0.15) is 5.75 Å². The lowest BCUT2D eigenvalue weighted by atomic mass is 10.1. The maximum Gasteiger partial charge on any atom is 0.260 e. The fourth-order valence-corrected chi connectivity index (χ4v) is 2.37. The van der Waals surface area contributed by atoms with Gasteiger partial charge >= 0.3 is 0 Å². The summed E-state index contributed by atoms with van der Waals surface area (Å²) in [5.74, 6) is 0.684. The fourth-order valence-electron chi connectivity index (χ4n) is 2.37. The zero-order valence-electron chi connectivity index (χ0n) is 10.7. The van der Waals surface area contributed by atoms with Gasteiger partial charge in [0.05, 0.1) is 5.56 Å². The average molecular weight is 253 g/mol. The molecule has 3 nitrogen and oxygen atoms in total. The number of fused-ring (bicyclic) bond motifs is 1. The third-order valence-corrected chi connectivity index (χ3v) is 3.33. The Labute approximate surface area is 112 Å². The van der Waals surface area contributed by atoms with Crippen LogP contribution in [-0.4, -0.2) is 17.4 Å². The van der Waals surface area contributed by atoms with Gasteiger partial charge in [-0.15, -0.1) is 0 Å². The van der Waals surface area contributed by atoms with Crippen molar-refractivity contribution >= 4 is 5.91 Å². The Morgan fingerprint density at radius 2 is 1.74 bits per heavy atom. The summed E-state index contributed by atoms with van der Waals surface area (Å²) in [6.45, 7) is 2.58. The van der Waals surface area contributed by atoms with Crippen LogP contribution in [0.3, 0.4) is 0 Å². The Morgan fingerprint density at radius 1 is 1.05 bits per heavy atom. The maximum absolute atomic E-state index is 12.5. The number of carbonyl (C=O) groups is 1. The lowest BCUT2D eigenvalue weighted by Crippen LogP contribution is -2.41. The van der Waals surface area contributed by atoms with Crippen molar-refractivity contribution in [2.45, 2.75) is 13.2 Å². The molecular weight excluding hydrogens is 238 g/mol. The minimum atomic E-state index is -0.339. The standard InChI is InChI=1S/C16H15NO2/c1-2-17-15(18)13-10-6-7-11-14(13)19-16(17)12-8-4-3-5-9-12/h3-11,16H,2H2,1H3/t16-/m1/s1. The predicted molar refractivity (Wildman–Crippen MR) is 73.0 cm³/mol. The number of rotatable bonds is 2. The molecule has 3 heteroatoms. The molecule has 1 atom stereocenters. The molecule has 96 valence electrons. The molecular formula is C16H15NO2. The van der Waals surface area contributed by atoms with Crippen LogP contribution in [0.15, 0.2) is 54.6 Å². The van der Waals surface area contributed by atoms with Gasteiger partial charge < -0.3 is 4.74 Å². The molecule has 0 aromatic heterocycles. The van der Waals surface area contributed by atoms with Gasteiger partial charge in [0.15, 0.2) is 0 Å². The highest BCUT2D eigenvalue weighted by Gasteiger charge is 2.33. The molecule has 0 fully saturated rings. The molecule has 1 aliphatic heterocycles.